The summed E-state index contributed by atoms with van der Waals surface area (Å²) in [6, 6.07) is 11.6. The molecule has 0 aromatic heterocycles. The average Bonchev–Trinajstić information content (AvgIpc) is 2.95. The van der Waals surface area contributed by atoms with Gasteiger partial charge in [0.15, 0.2) is 5.54 Å². The molecular formula is C14H16N2O3. The summed E-state index contributed by atoms with van der Waals surface area (Å²) >= 11 is 0. The summed E-state index contributed by atoms with van der Waals surface area (Å²) in [5.41, 5.74) is 0.0197. The van der Waals surface area contributed by atoms with E-state index in [0.717, 1.165) is 5.56 Å². The Morgan fingerprint density at radius 1 is 1.53 bits per heavy atom. The van der Waals surface area contributed by atoms with Gasteiger partial charge < -0.3 is 9.47 Å². The van der Waals surface area contributed by atoms with Crippen molar-refractivity contribution in [2.75, 3.05) is 20.3 Å². The third-order valence-corrected chi connectivity index (χ3v) is 3.33. The average molecular weight is 260 g/mol. The summed E-state index contributed by atoms with van der Waals surface area (Å²) in [6.45, 7) is 0.927. The van der Waals surface area contributed by atoms with Crippen LogP contribution in [0.15, 0.2) is 30.3 Å². The second kappa shape index (κ2) is 5.72. The van der Waals surface area contributed by atoms with E-state index in [4.69, 9.17) is 9.47 Å². The fourth-order valence-electron chi connectivity index (χ4n) is 1.97. The first-order valence-electron chi connectivity index (χ1n) is 6.11. The van der Waals surface area contributed by atoms with Gasteiger partial charge in [-0.1, -0.05) is 30.3 Å². The maximum atomic E-state index is 12.0. The summed E-state index contributed by atoms with van der Waals surface area (Å²) in [4.78, 5) is 13.3. The lowest BCUT2D eigenvalue weighted by Gasteiger charge is -2.30. The maximum Gasteiger partial charge on any atom is 0.411 e. The molecule has 1 atom stereocenters. The van der Waals surface area contributed by atoms with Crippen LogP contribution in [0.4, 0.5) is 4.79 Å². The normalized spacial score (nSPS) is 21.7. The van der Waals surface area contributed by atoms with Gasteiger partial charge in [0.25, 0.3) is 0 Å². The van der Waals surface area contributed by atoms with Crippen molar-refractivity contribution in [3.8, 4) is 6.07 Å². The van der Waals surface area contributed by atoms with Gasteiger partial charge in [-0.3, -0.25) is 4.90 Å². The van der Waals surface area contributed by atoms with E-state index in [1.54, 1.807) is 7.05 Å². The highest BCUT2D eigenvalue weighted by atomic mass is 16.6. The molecule has 1 fully saturated rings. The summed E-state index contributed by atoms with van der Waals surface area (Å²) in [5.74, 6) is 0. The summed E-state index contributed by atoms with van der Waals surface area (Å²) in [5, 5.41) is 9.24. The van der Waals surface area contributed by atoms with Gasteiger partial charge in [0.1, 0.15) is 6.61 Å². The molecule has 1 aromatic rings. The molecule has 1 saturated heterocycles. The van der Waals surface area contributed by atoms with Gasteiger partial charge in [-0.05, 0) is 5.56 Å². The van der Waals surface area contributed by atoms with Crippen LogP contribution in [-0.2, 0) is 16.1 Å². The fraction of sp³-hybridized carbons (Fsp3) is 0.429. The van der Waals surface area contributed by atoms with Crippen LogP contribution >= 0.6 is 0 Å². The van der Waals surface area contributed by atoms with Gasteiger partial charge in [-0.2, -0.15) is 5.26 Å². The van der Waals surface area contributed by atoms with Crippen LogP contribution in [0.5, 0.6) is 0 Å². The zero-order valence-corrected chi connectivity index (χ0v) is 10.8. The van der Waals surface area contributed by atoms with Crippen molar-refractivity contribution < 1.29 is 14.3 Å². The lowest BCUT2D eigenvalue weighted by Crippen LogP contribution is -2.49. The third-order valence-electron chi connectivity index (χ3n) is 3.33. The van der Waals surface area contributed by atoms with Crippen molar-refractivity contribution in [2.45, 2.75) is 18.6 Å². The van der Waals surface area contributed by atoms with Crippen LogP contribution in [-0.4, -0.2) is 36.8 Å². The van der Waals surface area contributed by atoms with E-state index >= 15 is 0 Å². The van der Waals surface area contributed by atoms with Gasteiger partial charge in [0.2, 0.25) is 0 Å². The van der Waals surface area contributed by atoms with Crippen LogP contribution in [0.2, 0.25) is 0 Å². The molecule has 5 heteroatoms. The monoisotopic (exact) mass is 260 g/mol. The standard InChI is InChI=1S/C14H16N2O3/c1-16(14(10-15)7-8-18-11-14)13(17)19-9-12-5-3-2-4-6-12/h2-6H,7-9,11H2,1H3. The van der Waals surface area contributed by atoms with E-state index in [1.807, 2.05) is 30.3 Å². The Kier molecular flexibility index (Phi) is 4.03. The Hall–Kier alpha value is -2.06. The molecule has 1 heterocycles. The molecule has 5 nitrogen and oxygen atoms in total. The zero-order valence-electron chi connectivity index (χ0n) is 10.8. The first-order valence-corrected chi connectivity index (χ1v) is 6.11. The highest BCUT2D eigenvalue weighted by molar-refractivity contribution is 5.69. The maximum absolute atomic E-state index is 12.0. The number of carbonyl (C=O) groups is 1. The fourth-order valence-corrected chi connectivity index (χ4v) is 1.97. The Morgan fingerprint density at radius 2 is 2.26 bits per heavy atom. The molecule has 1 aliphatic heterocycles. The SMILES string of the molecule is CN(C(=O)OCc1ccccc1)C1(C#N)CCOC1. The molecule has 0 aliphatic carbocycles. The highest BCUT2D eigenvalue weighted by Crippen LogP contribution is 2.25. The number of carbonyl (C=O) groups excluding carboxylic acids is 1. The number of rotatable bonds is 3. The molecule has 1 aliphatic rings. The Balaban J connectivity index is 1.95. The number of nitrogens with zero attached hydrogens (tertiary/aromatic N) is 2. The molecule has 1 aromatic carbocycles. The summed E-state index contributed by atoms with van der Waals surface area (Å²) in [7, 11) is 1.57. The van der Waals surface area contributed by atoms with Crippen molar-refractivity contribution in [3.63, 3.8) is 0 Å². The predicted molar refractivity (Wildman–Crippen MR) is 68.2 cm³/mol. The summed E-state index contributed by atoms with van der Waals surface area (Å²) in [6.07, 6.45) is 0.0105. The highest BCUT2D eigenvalue weighted by Gasteiger charge is 2.42. The van der Waals surface area contributed by atoms with Gasteiger partial charge in [-0.15, -0.1) is 0 Å². The van der Waals surface area contributed by atoms with E-state index in [1.165, 1.54) is 4.90 Å². The van der Waals surface area contributed by atoms with E-state index in [0.29, 0.717) is 13.0 Å². The largest absolute Gasteiger partial charge is 0.445 e. The molecule has 2 rings (SSSR count). The quantitative estimate of drug-likeness (QED) is 0.833. The number of ether oxygens (including phenoxy) is 2. The minimum absolute atomic E-state index is 0.201. The molecule has 0 bridgehead atoms. The third kappa shape index (κ3) is 2.85. The summed E-state index contributed by atoms with van der Waals surface area (Å²) < 4.78 is 10.4. The van der Waals surface area contributed by atoms with Gasteiger partial charge in [0, 0.05) is 13.5 Å². The zero-order chi connectivity index (χ0) is 13.7. The van der Waals surface area contributed by atoms with Crippen LogP contribution < -0.4 is 0 Å². The first-order chi connectivity index (χ1) is 9.18. The van der Waals surface area contributed by atoms with Crippen molar-refractivity contribution >= 4 is 6.09 Å². The number of hydrogen-bond donors (Lipinski definition) is 0. The molecule has 1 amide bonds. The minimum atomic E-state index is -0.895. The molecule has 100 valence electrons. The lowest BCUT2D eigenvalue weighted by molar-refractivity contribution is 0.0692. The van der Waals surface area contributed by atoms with Crippen molar-refractivity contribution in [3.05, 3.63) is 35.9 Å². The van der Waals surface area contributed by atoms with Gasteiger partial charge in [-0.25, -0.2) is 4.79 Å². The number of amides is 1. The molecule has 1 unspecified atom stereocenters. The molecule has 0 N–H and O–H groups in total. The number of hydrogen-bond acceptors (Lipinski definition) is 4. The topological polar surface area (TPSA) is 62.6 Å². The van der Waals surface area contributed by atoms with Crippen molar-refractivity contribution in [1.29, 1.82) is 5.26 Å². The van der Waals surface area contributed by atoms with Gasteiger partial charge in [0.05, 0.1) is 19.3 Å². The van der Waals surface area contributed by atoms with E-state index in [2.05, 4.69) is 6.07 Å². The van der Waals surface area contributed by atoms with Crippen molar-refractivity contribution in [1.82, 2.24) is 4.90 Å². The Morgan fingerprint density at radius 3 is 2.84 bits per heavy atom. The molecule has 0 spiro atoms. The number of likely N-dealkylation sites (N-methyl/N-ethyl adjacent to an activating group) is 1. The van der Waals surface area contributed by atoms with Crippen molar-refractivity contribution in [2.24, 2.45) is 0 Å². The Bertz CT molecular complexity index is 475. The van der Waals surface area contributed by atoms with Gasteiger partial charge >= 0.3 is 6.09 Å². The van der Waals surface area contributed by atoms with E-state index < -0.39 is 11.6 Å². The first kappa shape index (κ1) is 13.4. The van der Waals surface area contributed by atoms with E-state index in [-0.39, 0.29) is 13.2 Å². The van der Waals surface area contributed by atoms with Crippen LogP contribution in [0, 0.1) is 11.3 Å². The second-order valence-electron chi connectivity index (χ2n) is 4.55. The van der Waals surface area contributed by atoms with Crippen LogP contribution in [0.25, 0.3) is 0 Å². The number of benzene rings is 1. The number of nitriles is 1. The molecule has 0 radical (unpaired) electrons. The van der Waals surface area contributed by atoms with Crippen LogP contribution in [0.3, 0.4) is 0 Å². The predicted octanol–water partition coefficient (Wildman–Crippen LogP) is 1.94. The lowest BCUT2D eigenvalue weighted by atomic mass is 10.00. The minimum Gasteiger partial charge on any atom is -0.445 e. The molecular weight excluding hydrogens is 244 g/mol. The van der Waals surface area contributed by atoms with Crippen LogP contribution in [0.1, 0.15) is 12.0 Å². The second-order valence-corrected chi connectivity index (χ2v) is 4.55. The molecule has 19 heavy (non-hydrogen) atoms. The Labute approximate surface area is 112 Å². The smallest absolute Gasteiger partial charge is 0.411 e. The van der Waals surface area contributed by atoms with E-state index in [9.17, 15) is 10.1 Å². The molecule has 0 saturated carbocycles.